The van der Waals surface area contributed by atoms with Crippen molar-refractivity contribution in [1.82, 2.24) is 14.8 Å². The van der Waals surface area contributed by atoms with Gasteiger partial charge in [-0.1, -0.05) is 6.07 Å². The normalized spacial score (nSPS) is 21.3. The summed E-state index contributed by atoms with van der Waals surface area (Å²) >= 11 is 0. The van der Waals surface area contributed by atoms with E-state index >= 15 is 0 Å². The third kappa shape index (κ3) is 4.34. The Labute approximate surface area is 144 Å². The molecule has 1 atom stereocenters. The molecule has 5 heteroatoms. The number of piperidine rings is 1. The number of nitrogens with zero attached hydrogens (tertiary/aromatic N) is 3. The molecule has 2 aliphatic heterocycles. The number of aromatic nitrogens is 1. The van der Waals surface area contributed by atoms with E-state index in [0.29, 0.717) is 25.3 Å². The average Bonchev–Trinajstić information content (AvgIpc) is 3.04. The number of hydrogen-bond acceptors (Lipinski definition) is 3. The molecular formula is C19H27N3O2. The van der Waals surface area contributed by atoms with Crippen molar-refractivity contribution < 1.29 is 9.59 Å². The van der Waals surface area contributed by atoms with Crippen LogP contribution in [0.1, 0.15) is 50.6 Å². The number of pyridine rings is 1. The molecule has 0 aliphatic carbocycles. The third-order valence-electron chi connectivity index (χ3n) is 5.17. The second-order valence-electron chi connectivity index (χ2n) is 6.83. The molecule has 2 aliphatic rings. The number of hydrogen-bond donors (Lipinski definition) is 0. The molecule has 0 bridgehead atoms. The first-order valence-corrected chi connectivity index (χ1v) is 9.21. The van der Waals surface area contributed by atoms with Crippen LogP contribution in [0.3, 0.4) is 0 Å². The molecule has 2 fully saturated rings. The molecule has 0 N–H and O–H groups in total. The number of carbonyl (C=O) groups excluding carboxylic acids is 2. The van der Waals surface area contributed by atoms with Crippen LogP contribution < -0.4 is 0 Å². The van der Waals surface area contributed by atoms with Crippen LogP contribution in [0.25, 0.3) is 0 Å². The fraction of sp³-hybridized carbons (Fsp3) is 0.632. The molecule has 0 spiro atoms. The number of carbonyl (C=O) groups is 2. The summed E-state index contributed by atoms with van der Waals surface area (Å²) in [6, 6.07) is 6.12. The highest BCUT2D eigenvalue weighted by Crippen LogP contribution is 2.22. The third-order valence-corrected chi connectivity index (χ3v) is 5.17. The van der Waals surface area contributed by atoms with E-state index in [1.807, 2.05) is 23.1 Å². The zero-order chi connectivity index (χ0) is 16.8. The van der Waals surface area contributed by atoms with E-state index in [1.165, 1.54) is 6.42 Å². The van der Waals surface area contributed by atoms with Crippen molar-refractivity contribution in [3.63, 3.8) is 0 Å². The summed E-state index contributed by atoms with van der Waals surface area (Å²) in [6.45, 7) is 2.55. The fourth-order valence-electron chi connectivity index (χ4n) is 3.80. The molecule has 1 aromatic heterocycles. The lowest BCUT2D eigenvalue weighted by molar-refractivity contribution is -0.135. The lowest BCUT2D eigenvalue weighted by Crippen LogP contribution is -2.45. The molecule has 2 amide bonds. The highest BCUT2D eigenvalue weighted by Gasteiger charge is 2.28. The first-order chi connectivity index (χ1) is 11.7. The Morgan fingerprint density at radius 2 is 2.12 bits per heavy atom. The molecule has 130 valence electrons. The number of amides is 2. The lowest BCUT2D eigenvalue weighted by atomic mass is 9.98. The molecule has 0 aromatic carbocycles. The molecule has 1 unspecified atom stereocenters. The van der Waals surface area contributed by atoms with Gasteiger partial charge in [-0.05, 0) is 50.7 Å². The van der Waals surface area contributed by atoms with E-state index in [4.69, 9.17) is 0 Å². The molecule has 2 saturated heterocycles. The Morgan fingerprint density at radius 1 is 1.21 bits per heavy atom. The van der Waals surface area contributed by atoms with Crippen LogP contribution in [0, 0.1) is 0 Å². The predicted molar refractivity (Wildman–Crippen MR) is 92.3 cm³/mol. The van der Waals surface area contributed by atoms with Gasteiger partial charge in [-0.3, -0.25) is 14.6 Å². The van der Waals surface area contributed by atoms with Crippen LogP contribution >= 0.6 is 0 Å². The lowest BCUT2D eigenvalue weighted by Gasteiger charge is -2.36. The van der Waals surface area contributed by atoms with E-state index in [1.54, 1.807) is 6.20 Å². The smallest absolute Gasteiger partial charge is 0.223 e. The first-order valence-electron chi connectivity index (χ1n) is 9.21. The molecule has 0 radical (unpaired) electrons. The maximum absolute atomic E-state index is 12.7. The van der Waals surface area contributed by atoms with Crippen LogP contribution in [-0.4, -0.2) is 52.3 Å². The summed E-state index contributed by atoms with van der Waals surface area (Å²) in [6.07, 6.45) is 8.93. The molecule has 3 rings (SSSR count). The quantitative estimate of drug-likeness (QED) is 0.805. The zero-order valence-electron chi connectivity index (χ0n) is 14.3. The minimum atomic E-state index is 0.234. The topological polar surface area (TPSA) is 53.5 Å². The maximum atomic E-state index is 12.7. The first kappa shape index (κ1) is 16.9. The van der Waals surface area contributed by atoms with Crippen molar-refractivity contribution in [2.24, 2.45) is 0 Å². The van der Waals surface area contributed by atoms with Crippen molar-refractivity contribution in [3.8, 4) is 0 Å². The van der Waals surface area contributed by atoms with Gasteiger partial charge < -0.3 is 9.80 Å². The van der Waals surface area contributed by atoms with Crippen molar-refractivity contribution in [1.29, 1.82) is 0 Å². The van der Waals surface area contributed by atoms with Gasteiger partial charge in [-0.15, -0.1) is 0 Å². The molecule has 24 heavy (non-hydrogen) atoms. The Hall–Kier alpha value is -1.91. The SMILES string of the molecule is O=C1CCCN1CCC1CCCCN1C(=O)CCc1ccccn1. The van der Waals surface area contributed by atoms with Gasteiger partial charge in [-0.25, -0.2) is 0 Å². The minimum absolute atomic E-state index is 0.234. The van der Waals surface area contributed by atoms with E-state index < -0.39 is 0 Å². The number of rotatable bonds is 6. The second kappa shape index (κ2) is 8.27. The molecule has 1 aromatic rings. The fourth-order valence-corrected chi connectivity index (χ4v) is 3.80. The van der Waals surface area contributed by atoms with Crippen molar-refractivity contribution >= 4 is 11.8 Å². The van der Waals surface area contributed by atoms with E-state index in [9.17, 15) is 9.59 Å². The van der Waals surface area contributed by atoms with Gasteiger partial charge in [0.25, 0.3) is 0 Å². The van der Waals surface area contributed by atoms with Gasteiger partial charge >= 0.3 is 0 Å². The summed E-state index contributed by atoms with van der Waals surface area (Å²) in [4.78, 5) is 32.7. The van der Waals surface area contributed by atoms with E-state index in [0.717, 1.165) is 51.0 Å². The van der Waals surface area contributed by atoms with Crippen molar-refractivity contribution in [3.05, 3.63) is 30.1 Å². The van der Waals surface area contributed by atoms with Gasteiger partial charge in [-0.2, -0.15) is 0 Å². The predicted octanol–water partition coefficient (Wildman–Crippen LogP) is 2.41. The Morgan fingerprint density at radius 3 is 2.88 bits per heavy atom. The summed E-state index contributed by atoms with van der Waals surface area (Å²) in [5.74, 6) is 0.511. The highest BCUT2D eigenvalue weighted by molar-refractivity contribution is 5.78. The van der Waals surface area contributed by atoms with Crippen LogP contribution in [-0.2, 0) is 16.0 Å². The monoisotopic (exact) mass is 329 g/mol. The molecular weight excluding hydrogens is 302 g/mol. The minimum Gasteiger partial charge on any atom is -0.343 e. The molecule has 0 saturated carbocycles. The summed E-state index contributed by atoms with van der Waals surface area (Å²) in [7, 11) is 0. The summed E-state index contributed by atoms with van der Waals surface area (Å²) < 4.78 is 0. The van der Waals surface area contributed by atoms with Gasteiger partial charge in [0.15, 0.2) is 0 Å². The van der Waals surface area contributed by atoms with Crippen LogP contribution in [0.5, 0.6) is 0 Å². The van der Waals surface area contributed by atoms with Crippen LogP contribution in [0.2, 0.25) is 0 Å². The number of likely N-dealkylation sites (tertiary alicyclic amines) is 2. The number of aryl methyl sites for hydroxylation is 1. The molecule has 3 heterocycles. The van der Waals surface area contributed by atoms with Crippen molar-refractivity contribution in [2.75, 3.05) is 19.6 Å². The second-order valence-corrected chi connectivity index (χ2v) is 6.83. The van der Waals surface area contributed by atoms with Gasteiger partial charge in [0.05, 0.1) is 0 Å². The standard InChI is InChI=1S/C19H27N3O2/c23-18-8-5-13-21(18)15-11-17-7-2-4-14-22(17)19(24)10-9-16-6-1-3-12-20-16/h1,3,6,12,17H,2,4-5,7-11,13-15H2. The summed E-state index contributed by atoms with van der Waals surface area (Å²) in [5.41, 5.74) is 0.974. The van der Waals surface area contributed by atoms with Crippen molar-refractivity contribution in [2.45, 2.75) is 57.4 Å². The Kier molecular flexibility index (Phi) is 5.83. The average molecular weight is 329 g/mol. The van der Waals surface area contributed by atoms with Crippen LogP contribution in [0.15, 0.2) is 24.4 Å². The van der Waals surface area contributed by atoms with Crippen LogP contribution in [0.4, 0.5) is 0 Å². The Bertz CT molecular complexity index is 561. The summed E-state index contributed by atoms with van der Waals surface area (Å²) in [5, 5.41) is 0. The largest absolute Gasteiger partial charge is 0.343 e. The zero-order valence-corrected chi connectivity index (χ0v) is 14.3. The van der Waals surface area contributed by atoms with E-state index in [2.05, 4.69) is 9.88 Å². The Balaban J connectivity index is 1.51. The van der Waals surface area contributed by atoms with Gasteiger partial charge in [0.2, 0.25) is 11.8 Å². The molecule has 5 nitrogen and oxygen atoms in total. The van der Waals surface area contributed by atoms with E-state index in [-0.39, 0.29) is 11.8 Å². The highest BCUT2D eigenvalue weighted by atomic mass is 16.2. The van der Waals surface area contributed by atoms with Gasteiger partial charge in [0.1, 0.15) is 0 Å². The maximum Gasteiger partial charge on any atom is 0.223 e. The van der Waals surface area contributed by atoms with Gasteiger partial charge in [0, 0.05) is 50.4 Å².